The fourth-order valence-electron chi connectivity index (χ4n) is 2.51. The van der Waals surface area contributed by atoms with Crippen molar-refractivity contribution >= 4 is 35.4 Å². The Kier molecular flexibility index (Phi) is 4.61. The molecule has 1 saturated heterocycles. The number of hydrogen-bond donors (Lipinski definition) is 2. The second-order valence-electron chi connectivity index (χ2n) is 5.08. The van der Waals surface area contributed by atoms with Crippen LogP contribution in [0.2, 0.25) is 10.0 Å². The first kappa shape index (κ1) is 15.9. The van der Waals surface area contributed by atoms with Crippen LogP contribution in [0, 0.1) is 0 Å². The minimum atomic E-state index is -1.02. The Morgan fingerprint density at radius 2 is 1.62 bits per heavy atom. The van der Waals surface area contributed by atoms with E-state index >= 15 is 0 Å². The van der Waals surface area contributed by atoms with Crippen LogP contribution in [0.5, 0.6) is 0 Å². The Morgan fingerprint density at radius 3 is 2.05 bits per heavy atom. The molecule has 6 nitrogen and oxygen atoms in total. The molecule has 0 spiro atoms. The summed E-state index contributed by atoms with van der Waals surface area (Å²) in [5.74, 6) is 0. The van der Waals surface area contributed by atoms with Crippen molar-refractivity contribution in [3.05, 3.63) is 33.8 Å². The van der Waals surface area contributed by atoms with E-state index in [1.807, 2.05) is 0 Å². The smallest absolute Gasteiger partial charge is 0.465 e. The highest BCUT2D eigenvalue weighted by Gasteiger charge is 2.41. The summed E-state index contributed by atoms with van der Waals surface area (Å²) in [4.78, 5) is 23.8. The topological polar surface area (TPSA) is 77.8 Å². The molecule has 0 aliphatic carbocycles. The molecule has 8 heteroatoms. The quantitative estimate of drug-likeness (QED) is 0.815. The molecule has 0 aromatic heterocycles. The maximum atomic E-state index is 11.7. The Hall–Kier alpha value is -1.50. The van der Waals surface area contributed by atoms with Crippen LogP contribution in [0.15, 0.2) is 18.2 Å². The Balaban J connectivity index is 2.20. The Labute approximate surface area is 131 Å². The predicted octanol–water partition coefficient (Wildman–Crippen LogP) is 2.98. The van der Waals surface area contributed by atoms with E-state index in [0.717, 1.165) is 5.56 Å². The highest BCUT2D eigenvalue weighted by Crippen LogP contribution is 2.24. The van der Waals surface area contributed by atoms with E-state index in [-0.39, 0.29) is 37.2 Å². The molecule has 0 saturated carbocycles. The van der Waals surface area contributed by atoms with E-state index in [1.165, 1.54) is 4.90 Å². The molecule has 21 heavy (non-hydrogen) atoms. The molecule has 1 aliphatic rings. The minimum absolute atomic E-state index is 0.190. The number of nitrogens with zero attached hydrogens (tertiary/aromatic N) is 2. The van der Waals surface area contributed by atoms with E-state index in [9.17, 15) is 14.7 Å². The van der Waals surface area contributed by atoms with Gasteiger partial charge in [-0.25, -0.2) is 9.28 Å². The van der Waals surface area contributed by atoms with Crippen LogP contribution in [0.25, 0.3) is 0 Å². The third-order valence-electron chi connectivity index (χ3n) is 3.68. The monoisotopic (exact) mass is 333 g/mol. The van der Waals surface area contributed by atoms with Crippen molar-refractivity contribution in [1.82, 2.24) is 4.90 Å². The second kappa shape index (κ2) is 6.09. The van der Waals surface area contributed by atoms with E-state index in [1.54, 1.807) is 18.2 Å². The minimum Gasteiger partial charge on any atom is -0.465 e. The zero-order valence-corrected chi connectivity index (χ0v) is 12.6. The van der Waals surface area contributed by atoms with Gasteiger partial charge in [-0.2, -0.15) is 4.79 Å². The molecular weight excluding hydrogens is 319 g/mol. The molecule has 2 amide bonds. The molecule has 2 rings (SSSR count). The molecule has 1 aliphatic heterocycles. The van der Waals surface area contributed by atoms with Crippen LogP contribution in [0.3, 0.4) is 0 Å². The van der Waals surface area contributed by atoms with Crippen molar-refractivity contribution in [3.8, 4) is 0 Å². The first-order chi connectivity index (χ1) is 9.82. The highest BCUT2D eigenvalue weighted by atomic mass is 35.5. The van der Waals surface area contributed by atoms with Crippen molar-refractivity contribution in [3.63, 3.8) is 0 Å². The fourth-order valence-corrected chi connectivity index (χ4v) is 3.08. The first-order valence-electron chi connectivity index (χ1n) is 6.35. The average Bonchev–Trinajstić information content (AvgIpc) is 2.37. The Morgan fingerprint density at radius 1 is 1.10 bits per heavy atom. The summed E-state index contributed by atoms with van der Waals surface area (Å²) in [6.45, 7) is 1.03. The maximum Gasteiger partial charge on any atom is 0.513 e. The maximum absolute atomic E-state index is 11.7. The predicted molar refractivity (Wildman–Crippen MR) is 77.8 cm³/mol. The summed E-state index contributed by atoms with van der Waals surface area (Å²) in [5, 5.41) is 19.4. The van der Waals surface area contributed by atoms with E-state index < -0.39 is 12.2 Å². The van der Waals surface area contributed by atoms with Crippen molar-refractivity contribution in [2.45, 2.75) is 6.54 Å². The number of carbonyl (C=O) groups is 2. The molecule has 0 radical (unpaired) electrons. The van der Waals surface area contributed by atoms with Gasteiger partial charge in [-0.15, -0.1) is 0 Å². The molecule has 1 fully saturated rings. The highest BCUT2D eigenvalue weighted by molar-refractivity contribution is 6.34. The van der Waals surface area contributed by atoms with Gasteiger partial charge in [0.25, 0.3) is 0 Å². The van der Waals surface area contributed by atoms with E-state index in [2.05, 4.69) is 0 Å². The second-order valence-corrected chi connectivity index (χ2v) is 5.95. The largest absolute Gasteiger partial charge is 0.513 e. The van der Waals surface area contributed by atoms with Crippen LogP contribution in [0.4, 0.5) is 9.59 Å². The van der Waals surface area contributed by atoms with Gasteiger partial charge < -0.3 is 10.2 Å². The van der Waals surface area contributed by atoms with Crippen LogP contribution in [-0.4, -0.2) is 58.0 Å². The zero-order chi connectivity index (χ0) is 15.6. The zero-order valence-electron chi connectivity index (χ0n) is 11.1. The van der Waals surface area contributed by atoms with Crippen LogP contribution in [0.1, 0.15) is 5.56 Å². The summed E-state index contributed by atoms with van der Waals surface area (Å²) in [7, 11) is 0. The van der Waals surface area contributed by atoms with Gasteiger partial charge in [0.15, 0.2) is 0 Å². The van der Waals surface area contributed by atoms with Gasteiger partial charge in [0.05, 0.1) is 13.1 Å². The lowest BCUT2D eigenvalue weighted by Gasteiger charge is -2.39. The van der Waals surface area contributed by atoms with Crippen LogP contribution in [-0.2, 0) is 6.54 Å². The average molecular weight is 334 g/mol. The van der Waals surface area contributed by atoms with Gasteiger partial charge in [-0.3, -0.25) is 4.90 Å². The van der Waals surface area contributed by atoms with Crippen molar-refractivity contribution in [2.75, 3.05) is 26.2 Å². The number of rotatable bonds is 2. The van der Waals surface area contributed by atoms with E-state index in [4.69, 9.17) is 28.3 Å². The van der Waals surface area contributed by atoms with Crippen molar-refractivity contribution in [1.29, 1.82) is 0 Å². The Bertz CT molecular complexity index is 551. The van der Waals surface area contributed by atoms with Crippen molar-refractivity contribution in [2.24, 2.45) is 0 Å². The normalized spacial score (nSPS) is 17.5. The summed E-state index contributed by atoms with van der Waals surface area (Å²) in [5.41, 5.74) is 0.721. The van der Waals surface area contributed by atoms with Gasteiger partial charge in [-0.1, -0.05) is 23.2 Å². The first-order valence-corrected chi connectivity index (χ1v) is 7.10. The summed E-state index contributed by atoms with van der Waals surface area (Å²) >= 11 is 11.9. The number of halogens is 2. The lowest BCUT2D eigenvalue weighted by Crippen LogP contribution is -2.62. The molecular formula is C13H15Cl2N2O4+. The molecule has 0 unspecified atom stereocenters. The van der Waals surface area contributed by atoms with Gasteiger partial charge in [0.1, 0.15) is 19.6 Å². The number of amides is 2. The van der Waals surface area contributed by atoms with Crippen LogP contribution < -0.4 is 0 Å². The molecule has 2 N–H and O–H groups in total. The summed E-state index contributed by atoms with van der Waals surface area (Å²) in [6, 6.07) is 4.94. The number of hydrogen-bond acceptors (Lipinski definition) is 2. The lowest BCUT2D eigenvalue weighted by molar-refractivity contribution is -0.874. The SMILES string of the molecule is O=C(O)N1CC[N+](Cc2cc(Cl)cc(Cl)c2)(C(=O)O)CC1. The van der Waals surface area contributed by atoms with Gasteiger partial charge in [0, 0.05) is 15.6 Å². The van der Waals surface area contributed by atoms with E-state index in [0.29, 0.717) is 10.0 Å². The molecule has 0 atom stereocenters. The number of benzene rings is 1. The third kappa shape index (κ3) is 3.58. The van der Waals surface area contributed by atoms with Gasteiger partial charge in [-0.05, 0) is 18.2 Å². The molecule has 0 bridgehead atoms. The standard InChI is InChI=1S/C13H14Cl2N2O4/c14-10-5-9(6-11(15)7-10)8-17(13(20)21)3-1-16(2-4-17)12(18)19/h5-7H,1-4,8H2,(H-,18,19,20,21)/p+1. The molecule has 1 heterocycles. The van der Waals surface area contributed by atoms with Gasteiger partial charge in [0.2, 0.25) is 0 Å². The van der Waals surface area contributed by atoms with Crippen molar-refractivity contribution < 1.29 is 24.3 Å². The molecule has 1 aromatic rings. The number of quaternary nitrogens is 1. The molecule has 114 valence electrons. The fraction of sp³-hybridized carbons (Fsp3) is 0.385. The van der Waals surface area contributed by atoms with Gasteiger partial charge >= 0.3 is 12.2 Å². The summed E-state index contributed by atoms with van der Waals surface area (Å²) in [6.07, 6.45) is -2.00. The summed E-state index contributed by atoms with van der Waals surface area (Å²) < 4.78 is -0.222. The third-order valence-corrected chi connectivity index (χ3v) is 4.12. The number of piperazine rings is 1. The van der Waals surface area contributed by atoms with Crippen LogP contribution >= 0.6 is 23.2 Å². The number of carboxylic acid groups (broad SMARTS) is 2. The molecule has 1 aromatic carbocycles. The lowest BCUT2D eigenvalue weighted by atomic mass is 10.1.